The van der Waals surface area contributed by atoms with E-state index in [0.29, 0.717) is 6.61 Å². The van der Waals surface area contributed by atoms with E-state index in [1.54, 1.807) is 11.3 Å². The highest BCUT2D eigenvalue weighted by molar-refractivity contribution is 7.12. The van der Waals surface area contributed by atoms with Crippen molar-refractivity contribution in [2.45, 2.75) is 26.1 Å². The number of hydrogen-bond acceptors (Lipinski definition) is 2. The summed E-state index contributed by atoms with van der Waals surface area (Å²) in [7, 11) is 0. The molecule has 0 aliphatic carbocycles. The maximum atomic E-state index is 6.62. The second kappa shape index (κ2) is 5.77. The molecule has 0 amide bonds. The summed E-state index contributed by atoms with van der Waals surface area (Å²) in [5.74, 6) is 0.878. The summed E-state index contributed by atoms with van der Waals surface area (Å²) in [6.07, 6.45) is 0. The number of thiophene rings is 1. The third kappa shape index (κ3) is 2.70. The molecule has 1 atom stereocenters. The average molecular weight is 281 g/mol. The zero-order chi connectivity index (χ0) is 13.1. The van der Waals surface area contributed by atoms with Crippen LogP contribution < -0.4 is 4.74 Å². The van der Waals surface area contributed by atoms with E-state index in [0.717, 1.165) is 11.3 Å². The van der Waals surface area contributed by atoms with Crippen LogP contribution in [0.4, 0.5) is 0 Å². The minimum absolute atomic E-state index is 0.141. The molecule has 1 aromatic carbocycles. The van der Waals surface area contributed by atoms with Crippen LogP contribution >= 0.6 is 22.9 Å². The Kier molecular flexibility index (Phi) is 4.31. The number of hydrogen-bond donors (Lipinski definition) is 0. The van der Waals surface area contributed by atoms with Crippen LogP contribution in [0, 0.1) is 13.8 Å². The van der Waals surface area contributed by atoms with Crippen molar-refractivity contribution < 1.29 is 4.74 Å². The van der Waals surface area contributed by atoms with Gasteiger partial charge in [-0.25, -0.2) is 0 Å². The number of benzene rings is 1. The summed E-state index contributed by atoms with van der Waals surface area (Å²) in [5.41, 5.74) is 2.23. The third-order valence-corrected chi connectivity index (χ3v) is 4.30. The lowest BCUT2D eigenvalue weighted by Gasteiger charge is -2.14. The Bertz CT molecular complexity index is 533. The molecule has 2 rings (SSSR count). The van der Waals surface area contributed by atoms with Gasteiger partial charge in [-0.05, 0) is 38.5 Å². The normalized spacial score (nSPS) is 12.4. The van der Waals surface area contributed by atoms with Gasteiger partial charge in [0.05, 0.1) is 12.0 Å². The standard InChI is InChI=1S/C15H17ClOS/c1-4-17-14-8-6-5-7-12(14)15(16)13-9-10(2)18-11(13)3/h5-9,15H,4H2,1-3H3. The van der Waals surface area contributed by atoms with Crippen LogP contribution in [-0.2, 0) is 0 Å². The molecule has 0 aliphatic rings. The molecule has 18 heavy (non-hydrogen) atoms. The van der Waals surface area contributed by atoms with E-state index in [9.17, 15) is 0 Å². The summed E-state index contributed by atoms with van der Waals surface area (Å²) >= 11 is 8.40. The highest BCUT2D eigenvalue weighted by Crippen LogP contribution is 2.38. The van der Waals surface area contributed by atoms with Crippen molar-refractivity contribution in [1.82, 2.24) is 0 Å². The number of rotatable bonds is 4. The molecule has 0 spiro atoms. The summed E-state index contributed by atoms with van der Waals surface area (Å²) < 4.78 is 5.65. The lowest BCUT2D eigenvalue weighted by molar-refractivity contribution is 0.337. The van der Waals surface area contributed by atoms with Crippen molar-refractivity contribution in [2.24, 2.45) is 0 Å². The molecule has 1 heterocycles. The van der Waals surface area contributed by atoms with Crippen LogP contribution in [0.1, 0.15) is 33.2 Å². The molecule has 96 valence electrons. The molecule has 2 aromatic rings. The molecule has 1 unspecified atom stereocenters. The first kappa shape index (κ1) is 13.4. The average Bonchev–Trinajstić information content (AvgIpc) is 2.69. The Morgan fingerprint density at radius 1 is 1.22 bits per heavy atom. The number of halogens is 1. The molecule has 0 N–H and O–H groups in total. The third-order valence-electron chi connectivity index (χ3n) is 2.84. The zero-order valence-electron chi connectivity index (χ0n) is 10.9. The second-order valence-corrected chi connectivity index (χ2v) is 6.10. The molecule has 0 aliphatic heterocycles. The fourth-order valence-corrected chi connectivity index (χ4v) is 3.48. The topological polar surface area (TPSA) is 9.23 Å². The van der Waals surface area contributed by atoms with Crippen LogP contribution in [-0.4, -0.2) is 6.61 Å². The Morgan fingerprint density at radius 2 is 1.94 bits per heavy atom. The summed E-state index contributed by atoms with van der Waals surface area (Å²) in [6, 6.07) is 10.2. The zero-order valence-corrected chi connectivity index (χ0v) is 12.4. The van der Waals surface area contributed by atoms with Crippen molar-refractivity contribution in [3.05, 3.63) is 51.2 Å². The van der Waals surface area contributed by atoms with Crippen LogP contribution in [0.3, 0.4) is 0 Å². The lowest BCUT2D eigenvalue weighted by atomic mass is 10.0. The largest absolute Gasteiger partial charge is 0.494 e. The Hall–Kier alpha value is -0.990. The number of para-hydroxylation sites is 1. The van der Waals surface area contributed by atoms with Crippen molar-refractivity contribution in [2.75, 3.05) is 6.61 Å². The maximum absolute atomic E-state index is 6.62. The highest BCUT2D eigenvalue weighted by Gasteiger charge is 2.18. The van der Waals surface area contributed by atoms with E-state index in [4.69, 9.17) is 16.3 Å². The molecule has 1 nitrogen and oxygen atoms in total. The highest BCUT2D eigenvalue weighted by atomic mass is 35.5. The first-order valence-corrected chi connectivity index (χ1v) is 7.31. The van der Waals surface area contributed by atoms with Crippen molar-refractivity contribution in [1.29, 1.82) is 0 Å². The van der Waals surface area contributed by atoms with Gasteiger partial charge in [-0.2, -0.15) is 0 Å². The van der Waals surface area contributed by atoms with Gasteiger partial charge >= 0.3 is 0 Å². The molecule has 0 saturated heterocycles. The van der Waals surface area contributed by atoms with Gasteiger partial charge in [0.15, 0.2) is 0 Å². The molecule has 1 aromatic heterocycles. The predicted molar refractivity (Wildman–Crippen MR) is 79.1 cm³/mol. The van der Waals surface area contributed by atoms with E-state index in [-0.39, 0.29) is 5.38 Å². The molecule has 3 heteroatoms. The van der Waals surface area contributed by atoms with Gasteiger partial charge in [-0.1, -0.05) is 18.2 Å². The van der Waals surface area contributed by atoms with Crippen molar-refractivity contribution in [3.63, 3.8) is 0 Å². The molecule has 0 fully saturated rings. The summed E-state index contributed by atoms with van der Waals surface area (Å²) in [4.78, 5) is 2.57. The Balaban J connectivity index is 2.39. The van der Waals surface area contributed by atoms with Gasteiger partial charge in [0.2, 0.25) is 0 Å². The van der Waals surface area contributed by atoms with E-state index < -0.39 is 0 Å². The van der Waals surface area contributed by atoms with E-state index >= 15 is 0 Å². The van der Waals surface area contributed by atoms with Gasteiger partial charge in [-0.3, -0.25) is 0 Å². The van der Waals surface area contributed by atoms with Crippen LogP contribution in [0.15, 0.2) is 30.3 Å². The minimum atomic E-state index is -0.141. The summed E-state index contributed by atoms with van der Waals surface area (Å²) in [6.45, 7) is 6.87. The first-order chi connectivity index (χ1) is 8.63. The lowest BCUT2D eigenvalue weighted by Crippen LogP contribution is -2.00. The number of aryl methyl sites for hydroxylation is 2. The van der Waals surface area contributed by atoms with Crippen LogP contribution in [0.25, 0.3) is 0 Å². The van der Waals surface area contributed by atoms with Crippen LogP contribution in [0.2, 0.25) is 0 Å². The first-order valence-electron chi connectivity index (χ1n) is 6.06. The monoisotopic (exact) mass is 280 g/mol. The van der Waals surface area contributed by atoms with Crippen molar-refractivity contribution in [3.8, 4) is 5.75 Å². The molecular formula is C15H17ClOS. The van der Waals surface area contributed by atoms with Gasteiger partial charge < -0.3 is 4.74 Å². The maximum Gasteiger partial charge on any atom is 0.124 e. The smallest absolute Gasteiger partial charge is 0.124 e. The van der Waals surface area contributed by atoms with Crippen LogP contribution in [0.5, 0.6) is 5.75 Å². The Morgan fingerprint density at radius 3 is 2.56 bits per heavy atom. The number of alkyl halides is 1. The van der Waals surface area contributed by atoms with Gasteiger partial charge in [0.25, 0.3) is 0 Å². The predicted octanol–water partition coefficient (Wildman–Crippen LogP) is 5.09. The summed E-state index contributed by atoms with van der Waals surface area (Å²) in [5, 5.41) is -0.141. The SMILES string of the molecule is CCOc1ccccc1C(Cl)c1cc(C)sc1C. The van der Waals surface area contributed by atoms with E-state index in [1.807, 2.05) is 31.2 Å². The quantitative estimate of drug-likeness (QED) is 0.709. The van der Waals surface area contributed by atoms with Crippen molar-refractivity contribution >= 4 is 22.9 Å². The Labute approximate surface area is 117 Å². The van der Waals surface area contributed by atoms with E-state index in [2.05, 4.69) is 19.9 Å². The fourth-order valence-electron chi connectivity index (χ4n) is 2.05. The van der Waals surface area contributed by atoms with E-state index in [1.165, 1.54) is 15.3 Å². The molecule has 0 saturated carbocycles. The van der Waals surface area contributed by atoms with Gasteiger partial charge in [0, 0.05) is 15.3 Å². The number of ether oxygens (including phenoxy) is 1. The molecular weight excluding hydrogens is 264 g/mol. The van der Waals surface area contributed by atoms with Gasteiger partial charge in [-0.15, -0.1) is 22.9 Å². The minimum Gasteiger partial charge on any atom is -0.494 e. The second-order valence-electron chi connectivity index (χ2n) is 4.20. The molecule has 0 radical (unpaired) electrons. The van der Waals surface area contributed by atoms with Gasteiger partial charge in [0.1, 0.15) is 5.75 Å². The fraction of sp³-hybridized carbons (Fsp3) is 0.333. The molecule has 0 bridgehead atoms.